The van der Waals surface area contributed by atoms with Crippen LogP contribution in [0, 0.1) is 0 Å². The Morgan fingerprint density at radius 2 is 0.917 bits per heavy atom. The maximum Gasteiger partial charge on any atom is 0.342 e. The molecule has 6 rings (SSSR count). The number of hydrogen-bond acceptors (Lipinski definition) is 24. The number of nitrogens with two attached hydrogens (primary N) is 2. The number of para-hydroxylation sites is 2. The van der Waals surface area contributed by atoms with Gasteiger partial charge >= 0.3 is 38.9 Å². The van der Waals surface area contributed by atoms with Gasteiger partial charge in [0, 0.05) is 12.2 Å². The van der Waals surface area contributed by atoms with Crippen molar-refractivity contribution in [3.63, 3.8) is 0 Å². The fourth-order valence-electron chi connectivity index (χ4n) is 6.30. The fraction of sp³-hybridized carbons (Fsp3) is 0.423. The van der Waals surface area contributed by atoms with E-state index in [4.69, 9.17) is 49.7 Å². The average molecular weight is 1220 g/mol. The third-order valence-corrected chi connectivity index (χ3v) is 13.4. The van der Waals surface area contributed by atoms with E-state index in [1.807, 2.05) is 26.0 Å². The van der Waals surface area contributed by atoms with E-state index < -0.39 is 51.0 Å². The lowest BCUT2D eigenvalue weighted by Gasteiger charge is -2.25. The van der Waals surface area contributed by atoms with E-state index in [-0.39, 0.29) is 37.1 Å². The van der Waals surface area contributed by atoms with Crippen molar-refractivity contribution < 1.29 is 85.6 Å². The highest BCUT2D eigenvalue weighted by atomic mass is 31.2. The van der Waals surface area contributed by atoms with Crippen LogP contribution in [0.3, 0.4) is 0 Å². The molecule has 4 heterocycles. The molecule has 2 aromatic carbocycles. The van der Waals surface area contributed by atoms with Crippen molar-refractivity contribution in [2.24, 2.45) is 0 Å². The summed E-state index contributed by atoms with van der Waals surface area (Å²) in [5.74, 6) is -2.21. The van der Waals surface area contributed by atoms with E-state index in [0.717, 1.165) is 0 Å². The van der Waals surface area contributed by atoms with Crippen molar-refractivity contribution >= 4 is 85.8 Å². The minimum absolute atomic E-state index is 0.272. The van der Waals surface area contributed by atoms with Crippen LogP contribution in [-0.4, -0.2) is 148 Å². The van der Waals surface area contributed by atoms with Crippen LogP contribution in [0.15, 0.2) is 98.1 Å². The van der Waals surface area contributed by atoms with Crippen molar-refractivity contribution in [3.8, 4) is 11.5 Å². The van der Waals surface area contributed by atoms with Crippen molar-refractivity contribution in [2.45, 2.75) is 119 Å². The van der Waals surface area contributed by atoms with Crippen LogP contribution in [0.1, 0.15) is 69.2 Å². The van der Waals surface area contributed by atoms with Crippen molar-refractivity contribution in [2.75, 3.05) is 37.4 Å². The highest BCUT2D eigenvalue weighted by Crippen LogP contribution is 2.45. The Hall–Kier alpha value is -8.40. The van der Waals surface area contributed by atoms with E-state index in [1.165, 1.54) is 12.7 Å². The maximum absolute atomic E-state index is 13.6. The Morgan fingerprint density at radius 3 is 1.20 bits per heavy atom. The molecule has 0 aliphatic carbocycles. The van der Waals surface area contributed by atoms with Gasteiger partial charge in [-0.15, -0.1) is 0 Å². The molecule has 0 aliphatic heterocycles. The normalized spacial score (nSPS) is 13.6. The SMILES string of the molecule is CC(C)OC(=O)C(C)NP(=O)(COC(C)Cn1cnc2c(N)ncnc21)Oc1ccccc1.CC(C)OC(=O)C(C)NP(=O)(COC(C)Cn1cnc2c(N)ncnc21)Oc1ccccc1.CCOC=O.CCOC=O.O=C(O)/C=C/C(=O)O. The molecular formula is C52H74N12O18P2. The summed E-state index contributed by atoms with van der Waals surface area (Å²) >= 11 is 0. The number of fused-ring (bicyclic) bond motifs is 2. The minimum atomic E-state index is -3.64. The molecule has 30 nitrogen and oxygen atoms in total. The summed E-state index contributed by atoms with van der Waals surface area (Å²) in [6.45, 7) is 19.8. The van der Waals surface area contributed by atoms with Crippen LogP contribution in [-0.2, 0) is 79.4 Å². The first-order valence-electron chi connectivity index (χ1n) is 25.7. The number of carbonyl (C=O) groups excluding carboxylic acids is 4. The largest absolute Gasteiger partial charge is 0.478 e. The monoisotopic (exact) mass is 1220 g/mol. The topological polar surface area (TPSA) is 414 Å². The maximum atomic E-state index is 13.6. The van der Waals surface area contributed by atoms with E-state index in [1.54, 1.807) is 126 Å². The molecule has 0 amide bonds. The molecule has 6 atom stereocenters. The number of imidazole rings is 2. The number of hydrogen-bond donors (Lipinski definition) is 6. The molecule has 0 aliphatic rings. The zero-order chi connectivity index (χ0) is 62.8. The first-order valence-corrected chi connectivity index (χ1v) is 29.4. The van der Waals surface area contributed by atoms with E-state index in [2.05, 4.69) is 49.6 Å². The molecule has 84 heavy (non-hydrogen) atoms. The molecule has 0 spiro atoms. The Kier molecular flexibility index (Phi) is 32.1. The van der Waals surface area contributed by atoms with Gasteiger partial charge in [0.25, 0.3) is 12.9 Å². The van der Waals surface area contributed by atoms with Gasteiger partial charge in [0.1, 0.15) is 60.0 Å². The number of ether oxygens (including phenoxy) is 6. The van der Waals surface area contributed by atoms with Gasteiger partial charge in [-0.1, -0.05) is 36.4 Å². The second kappa shape index (κ2) is 37.7. The van der Waals surface area contributed by atoms with Gasteiger partial charge in [0.05, 0.1) is 63.4 Å². The first-order chi connectivity index (χ1) is 39.8. The van der Waals surface area contributed by atoms with Crippen LogP contribution in [0.5, 0.6) is 11.5 Å². The summed E-state index contributed by atoms with van der Waals surface area (Å²) in [7, 11) is -7.28. The molecular weight excluding hydrogens is 1140 g/mol. The molecule has 0 radical (unpaired) electrons. The Morgan fingerprint density at radius 1 is 0.571 bits per heavy atom. The number of nitrogen functional groups attached to an aromatic ring is 2. The lowest BCUT2D eigenvalue weighted by Crippen LogP contribution is -2.37. The molecule has 8 N–H and O–H groups in total. The third-order valence-electron chi connectivity index (χ3n) is 9.85. The van der Waals surface area contributed by atoms with E-state index in [9.17, 15) is 37.9 Å². The molecule has 0 bridgehead atoms. The number of aromatic nitrogens is 8. The second-order valence-corrected chi connectivity index (χ2v) is 21.9. The molecule has 0 saturated carbocycles. The van der Waals surface area contributed by atoms with Crippen LogP contribution < -0.4 is 30.7 Å². The van der Waals surface area contributed by atoms with Gasteiger partial charge < -0.3 is 68.3 Å². The van der Waals surface area contributed by atoms with Crippen molar-refractivity contribution in [3.05, 3.63) is 98.1 Å². The zero-order valence-corrected chi connectivity index (χ0v) is 49.9. The molecule has 0 fully saturated rings. The third kappa shape index (κ3) is 27.6. The highest BCUT2D eigenvalue weighted by Gasteiger charge is 2.33. The predicted molar refractivity (Wildman–Crippen MR) is 307 cm³/mol. The molecule has 4 aromatic heterocycles. The van der Waals surface area contributed by atoms with Gasteiger partial charge in [-0.3, -0.25) is 28.3 Å². The van der Waals surface area contributed by atoms with Crippen molar-refractivity contribution in [1.29, 1.82) is 0 Å². The molecule has 460 valence electrons. The van der Waals surface area contributed by atoms with Gasteiger partial charge in [0.2, 0.25) is 0 Å². The van der Waals surface area contributed by atoms with Crippen LogP contribution in [0.2, 0.25) is 0 Å². The Bertz CT molecular complexity index is 2890. The van der Waals surface area contributed by atoms with Gasteiger partial charge in [-0.25, -0.2) is 49.7 Å². The average Bonchev–Trinajstić information content (AvgIpc) is 3.33. The summed E-state index contributed by atoms with van der Waals surface area (Å²) in [4.78, 5) is 86.7. The summed E-state index contributed by atoms with van der Waals surface area (Å²) in [5, 5.41) is 21.2. The standard InChI is InChI=1S/2C21H29N6O5P.C4H4O4.2C3H6O2/c2*1-14(2)31-21(28)16(4)26-33(29,32-17-8-6-5-7-9-17)13-30-15(3)10-27-12-25-18-19(22)23-11-24-20(18)27;5-3(6)1-2-4(7)8;2*1-2-5-3-4/h2*5-9,11-12,14-16H,10,13H2,1-4H3,(H,26,29)(H2,22,23,24);1-2H,(H,5,6)(H,7,8);2*3H,2H2,1H3/b;;2-1+;;. The number of carboxylic acids is 2. The van der Waals surface area contributed by atoms with Gasteiger partial charge in [0.15, 0.2) is 22.9 Å². The summed E-state index contributed by atoms with van der Waals surface area (Å²) in [6.07, 6.45) is 5.14. The summed E-state index contributed by atoms with van der Waals surface area (Å²) < 4.78 is 72.8. The zero-order valence-electron chi connectivity index (χ0n) is 48.2. The van der Waals surface area contributed by atoms with Gasteiger partial charge in [-0.05, 0) is 93.5 Å². The Balaban J connectivity index is 0.000000444. The van der Waals surface area contributed by atoms with Crippen molar-refractivity contribution in [1.82, 2.24) is 49.2 Å². The number of nitrogens with zero attached hydrogens (tertiary/aromatic N) is 8. The lowest BCUT2D eigenvalue weighted by atomic mass is 10.3. The number of aliphatic carboxylic acids is 2. The number of rotatable bonds is 28. The van der Waals surface area contributed by atoms with Crippen LogP contribution >= 0.6 is 15.0 Å². The number of carbonyl (C=O) groups is 6. The summed E-state index contributed by atoms with van der Waals surface area (Å²) in [5.41, 5.74) is 13.8. The summed E-state index contributed by atoms with van der Waals surface area (Å²) in [6, 6.07) is 15.7. The van der Waals surface area contributed by atoms with Gasteiger partial charge in [-0.2, -0.15) is 0 Å². The smallest absolute Gasteiger partial charge is 0.342 e. The lowest BCUT2D eigenvalue weighted by molar-refractivity contribution is -0.149. The minimum Gasteiger partial charge on any atom is -0.478 e. The number of anilines is 2. The number of esters is 2. The molecule has 0 saturated heterocycles. The molecule has 32 heteroatoms. The van der Waals surface area contributed by atoms with E-state index >= 15 is 0 Å². The first kappa shape index (κ1) is 71.7. The number of nitrogens with one attached hydrogen (secondary N) is 2. The predicted octanol–water partition coefficient (Wildman–Crippen LogP) is 6.02. The second-order valence-electron chi connectivity index (χ2n) is 17.8. The molecule has 6 aromatic rings. The number of carboxylic acid groups (broad SMARTS) is 2. The van der Waals surface area contributed by atoms with Crippen LogP contribution in [0.4, 0.5) is 11.6 Å². The molecule has 6 unspecified atom stereocenters. The highest BCUT2D eigenvalue weighted by molar-refractivity contribution is 7.57. The Labute approximate surface area is 485 Å². The van der Waals surface area contributed by atoms with Crippen LogP contribution in [0.25, 0.3) is 22.3 Å². The number of benzene rings is 2. The fourth-order valence-corrected chi connectivity index (χ4v) is 9.88. The van der Waals surface area contributed by atoms with E-state index in [0.29, 0.717) is 96.9 Å². The quantitative estimate of drug-likeness (QED) is 0.0107.